The van der Waals surface area contributed by atoms with E-state index in [0.29, 0.717) is 38.4 Å². The van der Waals surface area contributed by atoms with Crippen molar-refractivity contribution in [2.45, 2.75) is 49.6 Å². The van der Waals surface area contributed by atoms with E-state index in [1.54, 1.807) is 30.3 Å². The van der Waals surface area contributed by atoms with Crippen LogP contribution in [0.15, 0.2) is 35.2 Å². The summed E-state index contributed by atoms with van der Waals surface area (Å²) in [6.07, 6.45) is 3.26. The van der Waals surface area contributed by atoms with Gasteiger partial charge in [-0.05, 0) is 50.7 Å². The van der Waals surface area contributed by atoms with E-state index in [-0.39, 0.29) is 16.8 Å². The second kappa shape index (κ2) is 7.43. The van der Waals surface area contributed by atoms with Gasteiger partial charge in [0.15, 0.2) is 0 Å². The molecule has 0 aromatic heterocycles. The number of sulfonamides is 1. The van der Waals surface area contributed by atoms with Crippen LogP contribution in [-0.4, -0.2) is 55.2 Å². The molecule has 1 aromatic rings. The van der Waals surface area contributed by atoms with Gasteiger partial charge < -0.3 is 10.6 Å². The number of benzene rings is 1. The molecule has 138 valence electrons. The van der Waals surface area contributed by atoms with Crippen LogP contribution in [0.25, 0.3) is 0 Å². The van der Waals surface area contributed by atoms with E-state index in [0.717, 1.165) is 12.8 Å². The Balaban J connectivity index is 1.78. The Hall–Kier alpha value is -1.44. The first kappa shape index (κ1) is 18.4. The fourth-order valence-corrected chi connectivity index (χ4v) is 5.52. The van der Waals surface area contributed by atoms with Crippen LogP contribution in [0.2, 0.25) is 0 Å². The summed E-state index contributed by atoms with van der Waals surface area (Å²) in [7, 11) is -3.64. The van der Waals surface area contributed by atoms with Crippen molar-refractivity contribution in [3.63, 3.8) is 0 Å². The fraction of sp³-hybridized carbons (Fsp3) is 0.611. The molecule has 2 saturated heterocycles. The lowest BCUT2D eigenvalue weighted by Crippen LogP contribution is -2.52. The summed E-state index contributed by atoms with van der Waals surface area (Å²) < 4.78 is 27.3. The Morgan fingerprint density at radius 1 is 1.16 bits per heavy atom. The van der Waals surface area contributed by atoms with Crippen molar-refractivity contribution in [2.75, 3.05) is 19.6 Å². The number of hydrogen-bond donors (Lipinski definition) is 1. The minimum absolute atomic E-state index is 0.0448. The maximum Gasteiger partial charge on any atom is 0.243 e. The molecule has 3 unspecified atom stereocenters. The van der Waals surface area contributed by atoms with Gasteiger partial charge in [0.1, 0.15) is 6.04 Å². The first-order chi connectivity index (χ1) is 11.9. The molecule has 2 fully saturated rings. The van der Waals surface area contributed by atoms with Crippen molar-refractivity contribution in [3.8, 4) is 0 Å². The molecular formula is C18H27N3O3S. The smallest absolute Gasteiger partial charge is 0.243 e. The molecule has 0 saturated carbocycles. The summed E-state index contributed by atoms with van der Waals surface area (Å²) in [5, 5.41) is 0. The molecule has 1 amide bonds. The van der Waals surface area contributed by atoms with E-state index in [4.69, 9.17) is 5.73 Å². The molecule has 2 aliphatic rings. The van der Waals surface area contributed by atoms with Crippen molar-refractivity contribution >= 4 is 15.9 Å². The zero-order valence-electron chi connectivity index (χ0n) is 14.7. The third-order valence-corrected chi connectivity index (χ3v) is 7.27. The number of piperidine rings is 1. The van der Waals surface area contributed by atoms with E-state index >= 15 is 0 Å². The van der Waals surface area contributed by atoms with Crippen LogP contribution in [0.3, 0.4) is 0 Å². The number of hydrogen-bond acceptors (Lipinski definition) is 4. The largest absolute Gasteiger partial charge is 0.341 e. The molecule has 0 bridgehead atoms. The fourth-order valence-electron chi connectivity index (χ4n) is 3.85. The van der Waals surface area contributed by atoms with E-state index < -0.39 is 16.1 Å². The minimum atomic E-state index is -3.64. The van der Waals surface area contributed by atoms with Crippen molar-refractivity contribution in [3.05, 3.63) is 30.3 Å². The standard InChI is InChI=1S/C18H27N3O3S/c1-14(19)15-7-5-11-20(13-15)18(22)17-10-6-12-21(17)25(23,24)16-8-3-2-4-9-16/h2-4,8-9,14-15,17H,5-7,10-13,19H2,1H3. The second-order valence-corrected chi connectivity index (χ2v) is 9.02. The van der Waals surface area contributed by atoms with Crippen LogP contribution in [0.1, 0.15) is 32.6 Å². The summed E-state index contributed by atoms with van der Waals surface area (Å²) in [5.74, 6) is 0.223. The average Bonchev–Trinajstić information content (AvgIpc) is 3.12. The molecular weight excluding hydrogens is 338 g/mol. The van der Waals surface area contributed by atoms with Crippen LogP contribution >= 0.6 is 0 Å². The van der Waals surface area contributed by atoms with Gasteiger partial charge in [0.25, 0.3) is 0 Å². The molecule has 1 aromatic carbocycles. The van der Waals surface area contributed by atoms with Gasteiger partial charge in [-0.2, -0.15) is 4.31 Å². The molecule has 2 heterocycles. The molecule has 0 aliphatic carbocycles. The Labute approximate surface area is 150 Å². The Kier molecular flexibility index (Phi) is 5.46. The molecule has 2 aliphatic heterocycles. The summed E-state index contributed by atoms with van der Waals surface area (Å²) >= 11 is 0. The number of carbonyl (C=O) groups is 1. The summed E-state index contributed by atoms with van der Waals surface area (Å²) in [6, 6.07) is 7.83. The zero-order valence-corrected chi connectivity index (χ0v) is 15.5. The number of likely N-dealkylation sites (tertiary alicyclic amines) is 1. The normalized spacial score (nSPS) is 26.6. The van der Waals surface area contributed by atoms with Crippen LogP contribution in [-0.2, 0) is 14.8 Å². The minimum Gasteiger partial charge on any atom is -0.341 e. The highest BCUT2D eigenvalue weighted by atomic mass is 32.2. The SMILES string of the molecule is CC(N)C1CCCN(C(=O)C2CCCN2S(=O)(=O)c2ccccc2)C1. The highest BCUT2D eigenvalue weighted by Crippen LogP contribution is 2.29. The van der Waals surface area contributed by atoms with Crippen LogP contribution < -0.4 is 5.73 Å². The van der Waals surface area contributed by atoms with Crippen molar-refractivity contribution in [1.29, 1.82) is 0 Å². The lowest BCUT2D eigenvalue weighted by Gasteiger charge is -2.37. The monoisotopic (exact) mass is 365 g/mol. The first-order valence-electron chi connectivity index (χ1n) is 9.02. The van der Waals surface area contributed by atoms with Crippen molar-refractivity contribution in [1.82, 2.24) is 9.21 Å². The predicted molar refractivity (Wildman–Crippen MR) is 96.3 cm³/mol. The van der Waals surface area contributed by atoms with Gasteiger partial charge in [0.2, 0.25) is 15.9 Å². The van der Waals surface area contributed by atoms with Gasteiger partial charge in [0.05, 0.1) is 4.90 Å². The molecule has 2 N–H and O–H groups in total. The number of nitrogens with zero attached hydrogens (tertiary/aromatic N) is 2. The van der Waals surface area contributed by atoms with E-state index in [9.17, 15) is 13.2 Å². The Morgan fingerprint density at radius 3 is 2.52 bits per heavy atom. The number of carbonyl (C=O) groups excluding carboxylic acids is 1. The molecule has 0 radical (unpaired) electrons. The zero-order chi connectivity index (χ0) is 18.0. The summed E-state index contributed by atoms with van der Waals surface area (Å²) in [4.78, 5) is 15.1. The number of nitrogens with two attached hydrogens (primary N) is 1. The quantitative estimate of drug-likeness (QED) is 0.875. The van der Waals surface area contributed by atoms with Gasteiger partial charge in [-0.1, -0.05) is 18.2 Å². The average molecular weight is 365 g/mol. The van der Waals surface area contributed by atoms with Crippen LogP contribution in [0.4, 0.5) is 0 Å². The highest BCUT2D eigenvalue weighted by molar-refractivity contribution is 7.89. The van der Waals surface area contributed by atoms with Crippen LogP contribution in [0, 0.1) is 5.92 Å². The number of rotatable bonds is 4. The van der Waals surface area contributed by atoms with Gasteiger partial charge in [0, 0.05) is 25.7 Å². The predicted octanol–water partition coefficient (Wildman–Crippen LogP) is 1.43. The molecule has 0 spiro atoms. The topological polar surface area (TPSA) is 83.7 Å². The van der Waals surface area contributed by atoms with Gasteiger partial charge >= 0.3 is 0 Å². The van der Waals surface area contributed by atoms with Gasteiger partial charge in [-0.25, -0.2) is 8.42 Å². The third kappa shape index (κ3) is 3.73. The lowest BCUT2D eigenvalue weighted by atomic mass is 9.92. The maximum atomic E-state index is 13.0. The molecule has 7 heteroatoms. The molecule has 25 heavy (non-hydrogen) atoms. The Bertz CT molecular complexity index is 706. The second-order valence-electron chi connectivity index (χ2n) is 7.13. The summed E-state index contributed by atoms with van der Waals surface area (Å²) in [5.41, 5.74) is 6.01. The number of amides is 1. The van der Waals surface area contributed by atoms with Crippen molar-refractivity contribution in [2.24, 2.45) is 11.7 Å². The summed E-state index contributed by atoms with van der Waals surface area (Å²) in [6.45, 7) is 3.70. The van der Waals surface area contributed by atoms with E-state index in [1.165, 1.54) is 4.31 Å². The maximum absolute atomic E-state index is 13.0. The lowest BCUT2D eigenvalue weighted by molar-refractivity contribution is -0.136. The van der Waals surface area contributed by atoms with Gasteiger partial charge in [-0.3, -0.25) is 4.79 Å². The van der Waals surface area contributed by atoms with E-state index in [2.05, 4.69) is 0 Å². The van der Waals surface area contributed by atoms with Crippen molar-refractivity contribution < 1.29 is 13.2 Å². The van der Waals surface area contributed by atoms with E-state index in [1.807, 2.05) is 11.8 Å². The first-order valence-corrected chi connectivity index (χ1v) is 10.5. The molecule has 3 rings (SSSR count). The molecule has 6 nitrogen and oxygen atoms in total. The highest BCUT2D eigenvalue weighted by Gasteiger charge is 2.42. The third-order valence-electron chi connectivity index (χ3n) is 5.35. The van der Waals surface area contributed by atoms with Crippen LogP contribution in [0.5, 0.6) is 0 Å². The van der Waals surface area contributed by atoms with Gasteiger partial charge in [-0.15, -0.1) is 0 Å². The Morgan fingerprint density at radius 2 is 1.84 bits per heavy atom. The molecule has 3 atom stereocenters.